The van der Waals surface area contributed by atoms with Crippen LogP contribution in [0.5, 0.6) is 0 Å². The number of carbonyl (C=O) groups excluding carboxylic acids is 4. The van der Waals surface area contributed by atoms with Crippen LogP contribution in [0.15, 0.2) is 263 Å². The van der Waals surface area contributed by atoms with E-state index in [1.807, 2.05) is 115 Å². The van der Waals surface area contributed by atoms with Gasteiger partial charge in [-0.1, -0.05) is 111 Å². The van der Waals surface area contributed by atoms with E-state index in [9.17, 15) is 23.6 Å². The van der Waals surface area contributed by atoms with Crippen LogP contribution in [0.1, 0.15) is 80.0 Å². The van der Waals surface area contributed by atoms with Gasteiger partial charge in [-0.15, -0.1) is 0 Å². The fraction of sp³-hybridized carbons (Fsp3) is 0.233. The van der Waals surface area contributed by atoms with E-state index in [1.165, 1.54) is 92.4 Å². The number of allylic oxidation sites excluding steroid dienone is 4. The van der Waals surface area contributed by atoms with Gasteiger partial charge in [0.15, 0.2) is 40.1 Å². The molecule has 4 saturated heterocycles. The van der Waals surface area contributed by atoms with Gasteiger partial charge >= 0.3 is 0 Å². The van der Waals surface area contributed by atoms with Crippen molar-refractivity contribution in [2.24, 2.45) is 0 Å². The van der Waals surface area contributed by atoms with Crippen molar-refractivity contribution in [2.75, 3.05) is 113 Å². The summed E-state index contributed by atoms with van der Waals surface area (Å²) >= 11 is 6.38. The molecule has 8 aromatic carbocycles. The molecule has 0 saturated carbocycles. The van der Waals surface area contributed by atoms with E-state index in [-0.39, 0.29) is 35.4 Å². The lowest BCUT2D eigenvalue weighted by Crippen LogP contribution is -2.44. The Morgan fingerprint density at radius 2 is 0.667 bits per heavy atom. The second kappa shape index (κ2) is 43.2. The molecule has 29 heteroatoms. The van der Waals surface area contributed by atoms with Crippen molar-refractivity contribution in [2.45, 2.75) is 83.5 Å². The number of benzene rings is 8. The van der Waals surface area contributed by atoms with Crippen molar-refractivity contribution >= 4 is 137 Å². The quantitative estimate of drug-likeness (QED) is 0.0224. The molecule has 0 radical (unpaired) electrons. The van der Waals surface area contributed by atoms with Gasteiger partial charge in [0.05, 0.1) is 74.4 Å². The number of anilines is 12. The molecule has 7 N–H and O–H groups in total. The number of carbonyl (C=O) groups is 4. The number of hydrogen-bond acceptors (Lipinski definition) is 24. The lowest BCUT2D eigenvalue weighted by atomic mass is 10.0. The Morgan fingerprint density at radius 1 is 0.356 bits per heavy atom. The normalized spacial score (nSPS) is 13.9. The monoisotopic (exact) mass is 1780 g/mol. The van der Waals surface area contributed by atoms with Gasteiger partial charge in [-0.25, -0.2) is 29.3 Å². The Labute approximate surface area is 770 Å². The maximum atomic E-state index is 14.9. The van der Waals surface area contributed by atoms with E-state index in [0.29, 0.717) is 87.8 Å². The summed E-state index contributed by atoms with van der Waals surface area (Å²) in [4.78, 5) is 95.8. The van der Waals surface area contributed by atoms with E-state index in [0.717, 1.165) is 167 Å². The summed E-state index contributed by atoms with van der Waals surface area (Å²) < 4.78 is 14.9. The summed E-state index contributed by atoms with van der Waals surface area (Å²) in [6.07, 6.45) is 24.3. The van der Waals surface area contributed by atoms with Crippen LogP contribution in [0.3, 0.4) is 0 Å². The average molecular weight is 1780 g/mol. The number of piperazine rings is 1. The molecule has 0 atom stereocenters. The number of ketones is 4. The molecule has 7 aromatic heterocycles. The molecule has 0 spiro atoms. The van der Waals surface area contributed by atoms with Crippen molar-refractivity contribution < 1.29 is 23.6 Å². The first-order chi connectivity index (χ1) is 64.5. The van der Waals surface area contributed by atoms with E-state index in [2.05, 4.69) is 195 Å². The Kier molecular flexibility index (Phi) is 29.5. The third kappa shape index (κ3) is 23.2. The van der Waals surface area contributed by atoms with Gasteiger partial charge in [-0.05, 0) is 227 Å². The second-order valence-electron chi connectivity index (χ2n) is 32.9. The number of fused-ring (bicyclic) bond motifs is 3. The van der Waals surface area contributed by atoms with E-state index in [4.69, 9.17) is 26.6 Å². The summed E-state index contributed by atoms with van der Waals surface area (Å²) in [5.74, 6) is 1.38. The summed E-state index contributed by atoms with van der Waals surface area (Å²) in [6.45, 7) is 24.6. The SMILES string of the molecule is C=CC(=O)Cc1cccc(-c2nc(Nc3ccc(N4CCCCC4)c(F)c3)nc3[nH]ncc23)c1.C=CC(=O)Cc1cccc(-c2nc(Nc3ccc(N4CCCCC4)cc3)nc3[nH]ncc23)c1.C=CC(=O)Cc1cccc(-c2nc(Nc3ccc(N4CCCCC4)cc3)ncc2Cl)c1.C=CC(=O)Cc1cccc(-c2nc(Nc3ccc(N4CCN(C)CC4)cc3)nc3[nH]ncc23)c1. The van der Waals surface area contributed by atoms with Gasteiger partial charge < -0.3 is 45.8 Å². The number of aromatic amines is 3. The van der Waals surface area contributed by atoms with Crippen LogP contribution in [-0.2, 0) is 44.9 Å². The van der Waals surface area contributed by atoms with Crippen LogP contribution in [-0.4, -0.2) is 171 Å². The van der Waals surface area contributed by atoms with Crippen molar-refractivity contribution in [3.8, 4) is 45.0 Å². The zero-order valence-corrected chi connectivity index (χ0v) is 74.4. The van der Waals surface area contributed by atoms with Crippen LogP contribution in [0, 0.1) is 5.82 Å². The maximum Gasteiger partial charge on any atom is 0.229 e. The number of halogens is 2. The predicted molar refractivity (Wildman–Crippen MR) is 526 cm³/mol. The molecule has 668 valence electrons. The lowest BCUT2D eigenvalue weighted by Gasteiger charge is -2.34. The fourth-order valence-electron chi connectivity index (χ4n) is 16.5. The Hall–Kier alpha value is -15.3. The largest absolute Gasteiger partial charge is 0.372 e. The number of nitrogens with zero attached hydrogens (tertiary/aromatic N) is 16. The van der Waals surface area contributed by atoms with E-state index in [1.54, 1.807) is 30.9 Å². The van der Waals surface area contributed by atoms with Crippen molar-refractivity contribution in [1.82, 2.24) is 75.4 Å². The highest BCUT2D eigenvalue weighted by Gasteiger charge is 2.23. The Morgan fingerprint density at radius 3 is 1.02 bits per heavy atom. The van der Waals surface area contributed by atoms with Crippen LogP contribution >= 0.6 is 11.6 Å². The molecule has 4 aliphatic rings. The molecule has 27 nitrogen and oxygen atoms in total. The van der Waals surface area contributed by atoms with Gasteiger partial charge in [-0.3, -0.25) is 34.5 Å². The van der Waals surface area contributed by atoms with Crippen molar-refractivity contribution in [1.29, 1.82) is 0 Å². The topological polar surface area (TPSA) is 322 Å². The van der Waals surface area contributed by atoms with Gasteiger partial charge in [0.1, 0.15) is 5.82 Å². The van der Waals surface area contributed by atoms with Crippen LogP contribution in [0.2, 0.25) is 5.02 Å². The van der Waals surface area contributed by atoms with Crippen molar-refractivity contribution in [3.05, 3.63) is 297 Å². The minimum absolute atomic E-state index is 0.0151. The first-order valence-electron chi connectivity index (χ1n) is 44.5. The standard InChI is InChI=1S/C26H25FN6O.C26H27N7O.C26H26N6O.C25H25ClN4O/c1-2-20(34)14-17-7-6-8-18(13-17)24-21-16-28-32-25(21)31-26(30-24)29-19-9-10-23(22(27)15-19)33-11-4-3-5-12-33;1-3-22(34)16-18-5-4-6-19(15-18)24-23-17-27-31-25(23)30-26(29-24)28-20-7-9-21(10-8-20)33-13-11-32(2)12-14-33;1-2-22(33)16-18-7-6-8-19(15-18)24-23-17-27-31-25(23)30-26(29-24)28-20-9-11-21(12-10-20)32-13-4-3-5-14-32;1-2-22(31)16-18-7-6-8-19(15-18)24-23(26)17-27-25(29-24)28-20-9-11-21(12-10-20)30-13-4-3-5-14-30/h2,6-10,13,15-16H,1,3-5,11-12,14H2,(H2,28,29,30,31,32);3-10,15,17H,1,11-14,16H2,2H3,(H2,27,28,29,30,31);2,6-12,15,17H,1,3-5,13-14,16H2,(H2,27,28,29,30,31);2,6-12,15,17H,1,3-5,13-14,16H2,(H,27,28,29). The van der Waals surface area contributed by atoms with Crippen LogP contribution < -0.4 is 40.9 Å². The lowest BCUT2D eigenvalue weighted by molar-refractivity contribution is -0.114. The van der Waals surface area contributed by atoms with Gasteiger partial charge in [-0.2, -0.15) is 30.2 Å². The molecule has 0 amide bonds. The summed E-state index contributed by atoms with van der Waals surface area (Å²) in [7, 11) is 2.16. The van der Waals surface area contributed by atoms with Gasteiger partial charge in [0.2, 0.25) is 23.8 Å². The van der Waals surface area contributed by atoms with Crippen LogP contribution in [0.4, 0.5) is 73.7 Å². The Balaban J connectivity index is 0.000000128. The average Bonchev–Trinajstić information content (AvgIpc) is 1.57. The number of aromatic nitrogens is 14. The number of nitrogens with one attached hydrogen (secondary N) is 7. The minimum Gasteiger partial charge on any atom is -0.372 e. The highest BCUT2D eigenvalue weighted by molar-refractivity contribution is 6.33. The van der Waals surface area contributed by atoms with E-state index < -0.39 is 0 Å². The molecule has 0 aliphatic carbocycles. The Bertz CT molecular complexity index is 6630. The highest BCUT2D eigenvalue weighted by Crippen LogP contribution is 2.36. The predicted octanol–water partition coefficient (Wildman–Crippen LogP) is 19.9. The first kappa shape index (κ1) is 90.1. The zero-order chi connectivity index (χ0) is 91.2. The number of likely N-dealkylation sites (N-methyl/N-ethyl adjacent to an activating group) is 1. The molecule has 11 heterocycles. The summed E-state index contributed by atoms with van der Waals surface area (Å²) in [5.41, 5.74) is 19.4. The molecular weight excluding hydrogens is 1680 g/mol. The van der Waals surface area contributed by atoms with Crippen LogP contribution in [0.25, 0.3) is 78.1 Å². The minimum atomic E-state index is -0.269. The zero-order valence-electron chi connectivity index (χ0n) is 73.7. The number of hydrogen-bond donors (Lipinski definition) is 7. The number of H-pyrrole nitrogens is 3. The first-order valence-corrected chi connectivity index (χ1v) is 44.9. The van der Waals surface area contributed by atoms with Crippen molar-refractivity contribution in [3.63, 3.8) is 0 Å². The molecule has 4 fully saturated rings. The van der Waals surface area contributed by atoms with Gasteiger partial charge in [0, 0.05) is 153 Å². The molecular formula is C103H103ClFN23O4. The third-order valence-corrected chi connectivity index (χ3v) is 23.8. The third-order valence-electron chi connectivity index (χ3n) is 23.5. The molecule has 15 aromatic rings. The molecule has 19 rings (SSSR count). The summed E-state index contributed by atoms with van der Waals surface area (Å²) in [6, 6.07) is 61.2. The smallest absolute Gasteiger partial charge is 0.229 e. The maximum absolute atomic E-state index is 14.9. The summed E-state index contributed by atoms with van der Waals surface area (Å²) in [5, 5.41) is 37.1. The number of rotatable bonds is 28. The fourth-order valence-corrected chi connectivity index (χ4v) is 16.7. The molecule has 4 aliphatic heterocycles. The van der Waals surface area contributed by atoms with Gasteiger partial charge in [0.25, 0.3) is 0 Å². The molecule has 0 unspecified atom stereocenters. The molecule has 132 heavy (non-hydrogen) atoms. The second-order valence-corrected chi connectivity index (χ2v) is 33.3. The highest BCUT2D eigenvalue weighted by atomic mass is 35.5. The molecule has 0 bridgehead atoms. The van der Waals surface area contributed by atoms with E-state index >= 15 is 0 Å². The number of piperidine rings is 3.